The third-order valence-electron chi connectivity index (χ3n) is 11.8. The summed E-state index contributed by atoms with van der Waals surface area (Å²) in [7, 11) is 0. The van der Waals surface area contributed by atoms with E-state index in [9.17, 15) is 0 Å². The highest BCUT2D eigenvalue weighted by Gasteiger charge is 2.19. The summed E-state index contributed by atoms with van der Waals surface area (Å²) in [5, 5.41) is 5.01. The van der Waals surface area contributed by atoms with Crippen molar-refractivity contribution in [2.24, 2.45) is 0 Å². The van der Waals surface area contributed by atoms with Crippen LogP contribution in [0.5, 0.6) is 0 Å². The molecule has 0 aliphatic rings. The fraction of sp³-hybridized carbons (Fsp3) is 0. The Bertz CT molecular complexity index is 3250. The number of fused-ring (bicyclic) bond motifs is 4. The first-order valence-electron chi connectivity index (χ1n) is 20.6. The zero-order valence-electron chi connectivity index (χ0n) is 33.0. The highest BCUT2D eigenvalue weighted by Crippen LogP contribution is 2.43. The van der Waals surface area contributed by atoms with Gasteiger partial charge in [0.25, 0.3) is 0 Å². The van der Waals surface area contributed by atoms with E-state index in [2.05, 4.69) is 252 Å². The van der Waals surface area contributed by atoms with E-state index in [1.165, 1.54) is 82.8 Å². The van der Waals surface area contributed by atoms with Crippen LogP contribution < -0.4 is 4.90 Å². The molecule has 1 heterocycles. The number of anilines is 3. The Morgan fingerprint density at radius 1 is 0.283 bits per heavy atom. The number of nitrogens with zero attached hydrogens (tertiary/aromatic N) is 2. The van der Waals surface area contributed by atoms with Gasteiger partial charge in [0.05, 0.1) is 22.4 Å². The second-order valence-electron chi connectivity index (χ2n) is 15.3. The summed E-state index contributed by atoms with van der Waals surface area (Å²) in [5.74, 6) is 0. The zero-order valence-corrected chi connectivity index (χ0v) is 33.0. The molecule has 60 heavy (non-hydrogen) atoms. The van der Waals surface area contributed by atoms with E-state index in [0.29, 0.717) is 0 Å². The van der Waals surface area contributed by atoms with Gasteiger partial charge in [0.15, 0.2) is 0 Å². The normalized spacial score (nSPS) is 11.3. The van der Waals surface area contributed by atoms with Crippen molar-refractivity contribution in [2.45, 2.75) is 0 Å². The molecule has 1 aromatic heterocycles. The van der Waals surface area contributed by atoms with Gasteiger partial charge < -0.3 is 9.47 Å². The number of aromatic nitrogens is 1. The van der Waals surface area contributed by atoms with E-state index in [4.69, 9.17) is 0 Å². The number of para-hydroxylation sites is 4. The maximum atomic E-state index is 2.41. The van der Waals surface area contributed by atoms with E-state index in [0.717, 1.165) is 17.1 Å². The van der Waals surface area contributed by atoms with E-state index in [1.54, 1.807) is 0 Å². The van der Waals surface area contributed by atoms with Crippen molar-refractivity contribution in [1.29, 1.82) is 0 Å². The van der Waals surface area contributed by atoms with Gasteiger partial charge in [-0.1, -0.05) is 188 Å². The van der Waals surface area contributed by atoms with Crippen molar-refractivity contribution in [2.75, 3.05) is 4.90 Å². The van der Waals surface area contributed by atoms with Crippen molar-refractivity contribution < 1.29 is 0 Å². The number of hydrogen-bond donors (Lipinski definition) is 0. The Labute approximate surface area is 350 Å². The Morgan fingerprint density at radius 3 is 1.55 bits per heavy atom. The van der Waals surface area contributed by atoms with Crippen LogP contribution in [0.15, 0.2) is 243 Å². The third kappa shape index (κ3) is 6.32. The monoisotopic (exact) mass is 764 g/mol. The summed E-state index contributed by atoms with van der Waals surface area (Å²) in [4.78, 5) is 2.39. The van der Waals surface area contributed by atoms with Crippen molar-refractivity contribution in [3.63, 3.8) is 0 Å². The topological polar surface area (TPSA) is 8.17 Å². The van der Waals surface area contributed by atoms with Crippen LogP contribution in [-0.4, -0.2) is 4.57 Å². The molecule has 0 radical (unpaired) electrons. The highest BCUT2D eigenvalue weighted by atomic mass is 15.1. The van der Waals surface area contributed by atoms with Gasteiger partial charge in [0, 0.05) is 33.3 Å². The Balaban J connectivity index is 0.967. The molecule has 0 aliphatic carbocycles. The number of hydrogen-bond acceptors (Lipinski definition) is 1. The van der Waals surface area contributed by atoms with Gasteiger partial charge in [-0.3, -0.25) is 0 Å². The standard InChI is InChI=1S/C58H40N2/c1-2-16-44(17-3-1)51-21-6-10-25-55(51)59(50-20-14-19-47(40-50)48-34-31-41-15-4-5-18-46(41)39-48)49-37-35-43(36-38-49)42-29-32-45(33-30-42)52-22-7-11-26-56(52)60-57-27-12-8-23-53(57)54-24-9-13-28-58(54)60/h1-40H. The summed E-state index contributed by atoms with van der Waals surface area (Å²) in [6.07, 6.45) is 0. The average Bonchev–Trinajstić information content (AvgIpc) is 3.66. The van der Waals surface area contributed by atoms with Gasteiger partial charge in [-0.15, -0.1) is 0 Å². The van der Waals surface area contributed by atoms with E-state index in [1.807, 2.05) is 0 Å². The maximum Gasteiger partial charge on any atom is 0.0541 e. The number of benzene rings is 10. The molecule has 2 nitrogen and oxygen atoms in total. The predicted molar refractivity (Wildman–Crippen MR) is 255 cm³/mol. The van der Waals surface area contributed by atoms with Crippen LogP contribution in [0, 0.1) is 0 Å². The molecule has 11 aromatic rings. The number of rotatable bonds is 8. The molecule has 0 spiro atoms. The van der Waals surface area contributed by atoms with Crippen LogP contribution in [0.4, 0.5) is 17.1 Å². The molecule has 0 saturated carbocycles. The lowest BCUT2D eigenvalue weighted by Crippen LogP contribution is -2.11. The second kappa shape index (κ2) is 15.1. The van der Waals surface area contributed by atoms with Crippen LogP contribution in [0.25, 0.3) is 82.8 Å². The SMILES string of the molecule is c1ccc(-c2ccccc2N(c2ccc(-c3ccc(-c4ccccc4-n4c5ccccc5c5ccccc54)cc3)cc2)c2cccc(-c3ccc4ccccc4c3)c2)cc1. The van der Waals surface area contributed by atoms with Gasteiger partial charge in [-0.2, -0.15) is 0 Å². The van der Waals surface area contributed by atoms with E-state index in [-0.39, 0.29) is 0 Å². The largest absolute Gasteiger partial charge is 0.310 e. The van der Waals surface area contributed by atoms with Gasteiger partial charge in [-0.25, -0.2) is 0 Å². The smallest absolute Gasteiger partial charge is 0.0541 e. The van der Waals surface area contributed by atoms with E-state index < -0.39 is 0 Å². The molecule has 0 amide bonds. The molecule has 10 aromatic carbocycles. The first-order chi connectivity index (χ1) is 29.8. The molecular formula is C58H40N2. The summed E-state index contributed by atoms with van der Waals surface area (Å²) >= 11 is 0. The average molecular weight is 765 g/mol. The Hall–Kier alpha value is -7.94. The Morgan fingerprint density at radius 2 is 0.800 bits per heavy atom. The van der Waals surface area contributed by atoms with Crippen molar-refractivity contribution in [3.05, 3.63) is 243 Å². The summed E-state index contributed by atoms with van der Waals surface area (Å²) in [6, 6.07) is 87.8. The molecular weight excluding hydrogens is 725 g/mol. The lowest BCUT2D eigenvalue weighted by atomic mass is 9.98. The zero-order chi connectivity index (χ0) is 39.8. The molecule has 0 atom stereocenters. The van der Waals surface area contributed by atoms with Crippen LogP contribution in [0.1, 0.15) is 0 Å². The van der Waals surface area contributed by atoms with Crippen LogP contribution in [0.3, 0.4) is 0 Å². The van der Waals surface area contributed by atoms with Gasteiger partial charge in [0.2, 0.25) is 0 Å². The van der Waals surface area contributed by atoms with Crippen LogP contribution in [-0.2, 0) is 0 Å². The summed E-state index contributed by atoms with van der Waals surface area (Å²) in [5.41, 5.74) is 16.4. The molecule has 2 heteroatoms. The first kappa shape index (κ1) is 35.2. The van der Waals surface area contributed by atoms with Gasteiger partial charge in [-0.05, 0) is 98.8 Å². The predicted octanol–water partition coefficient (Wildman–Crippen LogP) is 16.1. The summed E-state index contributed by atoms with van der Waals surface area (Å²) in [6.45, 7) is 0. The lowest BCUT2D eigenvalue weighted by Gasteiger charge is -2.28. The minimum atomic E-state index is 1.09. The van der Waals surface area contributed by atoms with E-state index >= 15 is 0 Å². The second-order valence-corrected chi connectivity index (χ2v) is 15.3. The fourth-order valence-electron chi connectivity index (χ4n) is 8.89. The van der Waals surface area contributed by atoms with Crippen molar-refractivity contribution >= 4 is 49.6 Å². The fourth-order valence-corrected chi connectivity index (χ4v) is 8.89. The molecule has 282 valence electrons. The van der Waals surface area contributed by atoms with Crippen LogP contribution in [0.2, 0.25) is 0 Å². The minimum Gasteiger partial charge on any atom is -0.310 e. The van der Waals surface area contributed by atoms with Gasteiger partial charge in [0.1, 0.15) is 0 Å². The third-order valence-corrected chi connectivity index (χ3v) is 11.8. The lowest BCUT2D eigenvalue weighted by molar-refractivity contribution is 1.18. The van der Waals surface area contributed by atoms with Gasteiger partial charge >= 0.3 is 0 Å². The quantitative estimate of drug-likeness (QED) is 0.150. The molecule has 0 unspecified atom stereocenters. The molecule has 0 fully saturated rings. The molecule has 11 rings (SSSR count). The first-order valence-corrected chi connectivity index (χ1v) is 20.6. The minimum absolute atomic E-state index is 1.09. The molecule has 0 aliphatic heterocycles. The summed E-state index contributed by atoms with van der Waals surface area (Å²) < 4.78 is 2.41. The molecule has 0 saturated heterocycles. The Kier molecular flexibility index (Phi) is 8.87. The maximum absolute atomic E-state index is 2.41. The molecule has 0 N–H and O–H groups in total. The van der Waals surface area contributed by atoms with Crippen molar-refractivity contribution in [3.8, 4) is 50.2 Å². The molecule has 0 bridgehead atoms. The van der Waals surface area contributed by atoms with Crippen molar-refractivity contribution in [1.82, 2.24) is 4.57 Å². The van der Waals surface area contributed by atoms with Crippen LogP contribution >= 0.6 is 0 Å². The highest BCUT2D eigenvalue weighted by molar-refractivity contribution is 6.09.